The average Bonchev–Trinajstić information content (AvgIpc) is 3.43. The van der Waals surface area contributed by atoms with E-state index in [-0.39, 0.29) is 24.5 Å². The fourth-order valence-corrected chi connectivity index (χ4v) is 4.23. The molecule has 3 aromatic rings. The summed E-state index contributed by atoms with van der Waals surface area (Å²) in [6.45, 7) is 3.50. The molecule has 0 aliphatic carbocycles. The first-order valence-corrected chi connectivity index (χ1v) is 10.5. The summed E-state index contributed by atoms with van der Waals surface area (Å²) in [6.07, 6.45) is 4.04. The first-order chi connectivity index (χ1) is 15.1. The third-order valence-corrected chi connectivity index (χ3v) is 5.71. The molecule has 0 spiro atoms. The second-order valence-corrected chi connectivity index (χ2v) is 7.79. The third-order valence-electron chi connectivity index (χ3n) is 5.71. The molecule has 1 atom stereocenters. The van der Waals surface area contributed by atoms with Gasteiger partial charge >= 0.3 is 0 Å². The molecular weight excluding hydrogens is 398 g/mol. The van der Waals surface area contributed by atoms with Gasteiger partial charge in [0.15, 0.2) is 5.82 Å². The molecule has 9 heteroatoms. The molecule has 4 rings (SSSR count). The lowest BCUT2D eigenvalue weighted by atomic mass is 10.0. The molecule has 2 amide bonds. The Kier molecular flexibility index (Phi) is 6.31. The number of aromatic nitrogens is 3. The van der Waals surface area contributed by atoms with E-state index in [1.807, 2.05) is 40.3 Å². The van der Waals surface area contributed by atoms with Gasteiger partial charge in [0.25, 0.3) is 11.8 Å². The van der Waals surface area contributed by atoms with Crippen LogP contribution in [0, 0.1) is 0 Å². The van der Waals surface area contributed by atoms with Gasteiger partial charge in [0.1, 0.15) is 6.61 Å². The molecule has 1 unspecified atom stereocenters. The van der Waals surface area contributed by atoms with Crippen molar-refractivity contribution in [2.75, 3.05) is 26.7 Å². The minimum absolute atomic E-state index is 0.000720. The van der Waals surface area contributed by atoms with Crippen LogP contribution >= 0.6 is 0 Å². The number of piperidine rings is 1. The Balaban J connectivity index is 1.44. The molecule has 9 nitrogen and oxygen atoms in total. The number of carbonyl (C=O) groups excluding carboxylic acids is 2. The monoisotopic (exact) mass is 425 g/mol. The van der Waals surface area contributed by atoms with Crippen molar-refractivity contribution in [1.82, 2.24) is 24.9 Å². The minimum atomic E-state index is -0.0361. The van der Waals surface area contributed by atoms with E-state index in [9.17, 15) is 9.59 Å². The van der Waals surface area contributed by atoms with E-state index in [1.54, 1.807) is 14.0 Å². The highest BCUT2D eigenvalue weighted by atomic mass is 16.5. The van der Waals surface area contributed by atoms with E-state index in [4.69, 9.17) is 9.26 Å². The largest absolute Gasteiger partial charge is 0.375 e. The van der Waals surface area contributed by atoms with Crippen LogP contribution in [0.1, 0.15) is 41.8 Å². The molecule has 1 fully saturated rings. The van der Waals surface area contributed by atoms with Gasteiger partial charge in [-0.15, -0.1) is 0 Å². The summed E-state index contributed by atoms with van der Waals surface area (Å²) in [7, 11) is 1.56. The van der Waals surface area contributed by atoms with Gasteiger partial charge in [0.05, 0.1) is 0 Å². The van der Waals surface area contributed by atoms with E-state index in [1.165, 1.54) is 0 Å². The van der Waals surface area contributed by atoms with Crippen molar-refractivity contribution in [2.24, 2.45) is 0 Å². The lowest BCUT2D eigenvalue weighted by molar-refractivity contribution is -0.132. The Morgan fingerprint density at radius 1 is 1.35 bits per heavy atom. The van der Waals surface area contributed by atoms with Crippen LogP contribution in [-0.2, 0) is 22.6 Å². The molecule has 31 heavy (non-hydrogen) atoms. The van der Waals surface area contributed by atoms with Crippen molar-refractivity contribution in [3.8, 4) is 0 Å². The first-order valence-electron chi connectivity index (χ1n) is 10.5. The standard InChI is InChI=1S/C22H27N5O4/c1-15(28)27(12-9-20-24-21(14-30-2)31-25-20)16-5-4-11-26(13-16)22(29)18-6-3-7-19-17(18)8-10-23-19/h3,6-8,10,16,23H,4-5,9,11-14H2,1-2H3. The van der Waals surface area contributed by atoms with Gasteiger partial charge in [0, 0.05) is 68.8 Å². The van der Waals surface area contributed by atoms with Gasteiger partial charge in [0.2, 0.25) is 5.91 Å². The van der Waals surface area contributed by atoms with E-state index >= 15 is 0 Å². The number of methoxy groups -OCH3 is 1. The molecule has 0 saturated carbocycles. The fraction of sp³-hybridized carbons (Fsp3) is 0.455. The summed E-state index contributed by atoms with van der Waals surface area (Å²) in [6, 6.07) is 7.59. The number of amides is 2. The van der Waals surface area contributed by atoms with E-state index < -0.39 is 0 Å². The van der Waals surface area contributed by atoms with E-state index in [2.05, 4.69) is 15.1 Å². The number of aromatic amines is 1. The van der Waals surface area contributed by atoms with Gasteiger partial charge < -0.3 is 24.0 Å². The van der Waals surface area contributed by atoms with Crippen LogP contribution in [0.3, 0.4) is 0 Å². The Hall–Kier alpha value is -3.20. The summed E-state index contributed by atoms with van der Waals surface area (Å²) >= 11 is 0. The van der Waals surface area contributed by atoms with Crippen molar-refractivity contribution < 1.29 is 18.8 Å². The molecule has 2 aromatic heterocycles. The summed E-state index contributed by atoms with van der Waals surface area (Å²) in [5.74, 6) is 0.940. The highest BCUT2D eigenvalue weighted by Crippen LogP contribution is 2.23. The number of carbonyl (C=O) groups is 2. The normalized spacial score (nSPS) is 16.6. The zero-order valence-corrected chi connectivity index (χ0v) is 17.8. The second-order valence-electron chi connectivity index (χ2n) is 7.79. The number of fused-ring (bicyclic) bond motifs is 1. The van der Waals surface area contributed by atoms with Gasteiger partial charge in [-0.2, -0.15) is 4.98 Å². The highest BCUT2D eigenvalue weighted by Gasteiger charge is 2.30. The number of rotatable bonds is 7. The molecule has 1 N–H and O–H groups in total. The molecule has 1 saturated heterocycles. The predicted octanol–water partition coefficient (Wildman–Crippen LogP) is 2.39. The number of H-pyrrole nitrogens is 1. The Bertz CT molecular complexity index is 1060. The molecular formula is C22H27N5O4. The van der Waals surface area contributed by atoms with Crippen molar-refractivity contribution in [3.63, 3.8) is 0 Å². The van der Waals surface area contributed by atoms with E-state index in [0.717, 1.165) is 23.7 Å². The Labute approximate surface area is 180 Å². The molecule has 1 aliphatic rings. The third kappa shape index (κ3) is 4.61. The van der Waals surface area contributed by atoms with Crippen molar-refractivity contribution in [1.29, 1.82) is 0 Å². The quantitative estimate of drug-likeness (QED) is 0.623. The van der Waals surface area contributed by atoms with Crippen LogP contribution in [0.15, 0.2) is 35.0 Å². The van der Waals surface area contributed by atoms with Crippen LogP contribution in [0.25, 0.3) is 10.9 Å². The molecule has 1 aromatic carbocycles. The maximum Gasteiger partial charge on any atom is 0.254 e. The maximum absolute atomic E-state index is 13.3. The van der Waals surface area contributed by atoms with Gasteiger partial charge in [-0.25, -0.2) is 0 Å². The number of nitrogens with one attached hydrogen (secondary N) is 1. The van der Waals surface area contributed by atoms with E-state index in [0.29, 0.717) is 43.3 Å². The minimum Gasteiger partial charge on any atom is -0.375 e. The Morgan fingerprint density at radius 3 is 3.03 bits per heavy atom. The number of likely N-dealkylation sites (tertiary alicyclic amines) is 1. The zero-order valence-electron chi connectivity index (χ0n) is 17.8. The summed E-state index contributed by atoms with van der Waals surface area (Å²) in [5, 5.41) is 4.86. The number of hydrogen-bond donors (Lipinski definition) is 1. The Morgan fingerprint density at radius 2 is 2.23 bits per heavy atom. The smallest absolute Gasteiger partial charge is 0.254 e. The maximum atomic E-state index is 13.3. The van der Waals surface area contributed by atoms with Crippen LogP contribution in [0.2, 0.25) is 0 Å². The SMILES string of the molecule is COCc1nc(CCN(C(C)=O)C2CCCN(C(=O)c3cccc4[nH]ccc34)C2)no1. The number of nitrogens with zero attached hydrogens (tertiary/aromatic N) is 4. The van der Waals surface area contributed by atoms with Crippen molar-refractivity contribution >= 4 is 22.7 Å². The zero-order chi connectivity index (χ0) is 21.8. The number of ether oxygens (including phenoxy) is 1. The van der Waals surface area contributed by atoms with Crippen molar-refractivity contribution in [3.05, 3.63) is 47.7 Å². The molecule has 3 heterocycles. The molecule has 0 radical (unpaired) electrons. The molecule has 164 valence electrons. The van der Waals surface area contributed by atoms with Crippen LogP contribution in [0.5, 0.6) is 0 Å². The highest BCUT2D eigenvalue weighted by molar-refractivity contribution is 6.06. The molecule has 0 bridgehead atoms. The van der Waals surface area contributed by atoms with Gasteiger partial charge in [-0.05, 0) is 31.0 Å². The summed E-state index contributed by atoms with van der Waals surface area (Å²) < 4.78 is 10.1. The van der Waals surface area contributed by atoms with Crippen LogP contribution in [-0.4, -0.2) is 69.5 Å². The van der Waals surface area contributed by atoms with Crippen LogP contribution in [0.4, 0.5) is 0 Å². The van der Waals surface area contributed by atoms with Crippen LogP contribution < -0.4 is 0 Å². The summed E-state index contributed by atoms with van der Waals surface area (Å²) in [4.78, 5) is 36.8. The molecule has 1 aliphatic heterocycles. The second kappa shape index (κ2) is 9.30. The average molecular weight is 425 g/mol. The topological polar surface area (TPSA) is 105 Å². The van der Waals surface area contributed by atoms with Gasteiger partial charge in [-0.3, -0.25) is 9.59 Å². The summed E-state index contributed by atoms with van der Waals surface area (Å²) in [5.41, 5.74) is 1.63. The fourth-order valence-electron chi connectivity index (χ4n) is 4.23. The number of benzene rings is 1. The lowest BCUT2D eigenvalue weighted by Gasteiger charge is -2.39. The predicted molar refractivity (Wildman–Crippen MR) is 113 cm³/mol. The first kappa shape index (κ1) is 21.0. The lowest BCUT2D eigenvalue weighted by Crippen LogP contribution is -2.51. The number of hydrogen-bond acceptors (Lipinski definition) is 6. The van der Waals surface area contributed by atoms with Gasteiger partial charge in [-0.1, -0.05) is 11.2 Å². The van der Waals surface area contributed by atoms with Crippen molar-refractivity contribution in [2.45, 2.75) is 38.8 Å².